The fourth-order valence-electron chi connectivity index (χ4n) is 3.92. The summed E-state index contributed by atoms with van der Waals surface area (Å²) in [5, 5.41) is 7.87. The molecule has 0 bridgehead atoms. The van der Waals surface area contributed by atoms with E-state index in [0.29, 0.717) is 13.0 Å². The van der Waals surface area contributed by atoms with Crippen molar-refractivity contribution in [2.75, 3.05) is 7.11 Å². The molecule has 0 radical (unpaired) electrons. The second-order valence-corrected chi connectivity index (χ2v) is 7.33. The van der Waals surface area contributed by atoms with Crippen molar-refractivity contribution < 1.29 is 9.53 Å². The van der Waals surface area contributed by atoms with E-state index in [-0.39, 0.29) is 11.4 Å². The lowest BCUT2D eigenvalue weighted by Crippen LogP contribution is -2.44. The number of ether oxygens (including phenoxy) is 1. The van der Waals surface area contributed by atoms with Gasteiger partial charge < -0.3 is 10.1 Å². The number of methoxy groups -OCH3 is 1. The number of aryl methyl sites for hydroxylation is 2. The summed E-state index contributed by atoms with van der Waals surface area (Å²) < 4.78 is 7.20. The van der Waals surface area contributed by atoms with Crippen molar-refractivity contribution in [3.05, 3.63) is 46.8 Å². The minimum atomic E-state index is -0.242. The fourth-order valence-corrected chi connectivity index (χ4v) is 3.92. The van der Waals surface area contributed by atoms with Crippen LogP contribution in [0, 0.1) is 20.8 Å². The lowest BCUT2D eigenvalue weighted by Gasteiger charge is -2.31. The first-order chi connectivity index (χ1) is 12.4. The molecule has 0 saturated heterocycles. The number of benzene rings is 1. The number of carbonyl (C=O) groups excluding carboxylic acids is 1. The summed E-state index contributed by atoms with van der Waals surface area (Å²) in [4.78, 5) is 12.7. The molecule has 5 heteroatoms. The van der Waals surface area contributed by atoms with Gasteiger partial charge in [0.15, 0.2) is 0 Å². The molecule has 1 aromatic heterocycles. The average Bonchev–Trinajstić information content (AvgIpc) is 3.21. The van der Waals surface area contributed by atoms with Crippen molar-refractivity contribution >= 4 is 5.91 Å². The Morgan fingerprint density at radius 2 is 1.85 bits per heavy atom. The third-order valence-electron chi connectivity index (χ3n) is 5.77. The number of nitrogens with one attached hydrogen (secondary N) is 1. The van der Waals surface area contributed by atoms with Crippen LogP contribution >= 0.6 is 0 Å². The summed E-state index contributed by atoms with van der Waals surface area (Å²) in [6.07, 6.45) is 4.71. The second kappa shape index (κ2) is 7.52. The molecule has 140 valence electrons. The molecule has 3 rings (SSSR count). The van der Waals surface area contributed by atoms with Gasteiger partial charge in [0.2, 0.25) is 5.91 Å². The molecule has 1 heterocycles. The van der Waals surface area contributed by atoms with Gasteiger partial charge in [-0.2, -0.15) is 5.10 Å². The largest absolute Gasteiger partial charge is 0.497 e. The van der Waals surface area contributed by atoms with E-state index in [4.69, 9.17) is 4.74 Å². The van der Waals surface area contributed by atoms with E-state index in [1.54, 1.807) is 7.11 Å². The van der Waals surface area contributed by atoms with Crippen molar-refractivity contribution in [3.8, 4) is 5.75 Å². The summed E-state index contributed by atoms with van der Waals surface area (Å²) in [7, 11) is 1.67. The van der Waals surface area contributed by atoms with Crippen LogP contribution in [0.2, 0.25) is 0 Å². The van der Waals surface area contributed by atoms with Crippen molar-refractivity contribution in [2.24, 2.45) is 0 Å². The molecule has 1 saturated carbocycles. The van der Waals surface area contributed by atoms with Crippen LogP contribution in [0.25, 0.3) is 0 Å². The molecule has 2 aromatic rings. The standard InChI is InChI=1S/C21H29N3O2/c1-15-16(2)23-24(17(15)3)14-11-20(25)22-21(12-5-6-13-21)18-7-9-19(26-4)10-8-18/h7-10H,5-6,11-14H2,1-4H3,(H,22,25). The Kier molecular flexibility index (Phi) is 5.35. The van der Waals surface area contributed by atoms with Gasteiger partial charge in [-0.3, -0.25) is 9.48 Å². The van der Waals surface area contributed by atoms with Gasteiger partial charge in [-0.15, -0.1) is 0 Å². The van der Waals surface area contributed by atoms with Crippen molar-refractivity contribution in [2.45, 2.75) is 65.0 Å². The quantitative estimate of drug-likeness (QED) is 0.858. The van der Waals surface area contributed by atoms with E-state index in [1.165, 1.54) is 11.1 Å². The fraction of sp³-hybridized carbons (Fsp3) is 0.524. The summed E-state index contributed by atoms with van der Waals surface area (Å²) in [6.45, 7) is 6.76. The lowest BCUT2D eigenvalue weighted by molar-refractivity contribution is -0.123. The predicted molar refractivity (Wildman–Crippen MR) is 102 cm³/mol. The number of amides is 1. The van der Waals surface area contributed by atoms with Gasteiger partial charge in [-0.25, -0.2) is 0 Å². The average molecular weight is 355 g/mol. The van der Waals surface area contributed by atoms with E-state index >= 15 is 0 Å². The van der Waals surface area contributed by atoms with Crippen LogP contribution in [0.5, 0.6) is 5.75 Å². The Morgan fingerprint density at radius 1 is 1.19 bits per heavy atom. The topological polar surface area (TPSA) is 56.1 Å². The molecule has 1 aliphatic rings. The van der Waals surface area contributed by atoms with Crippen LogP contribution in [-0.4, -0.2) is 22.8 Å². The van der Waals surface area contributed by atoms with Gasteiger partial charge in [0.1, 0.15) is 5.75 Å². The maximum Gasteiger partial charge on any atom is 0.222 e. The molecule has 0 aliphatic heterocycles. The van der Waals surface area contributed by atoms with Gasteiger partial charge in [-0.05, 0) is 56.9 Å². The molecule has 0 unspecified atom stereocenters. The van der Waals surface area contributed by atoms with Crippen LogP contribution in [0.15, 0.2) is 24.3 Å². The zero-order valence-electron chi connectivity index (χ0n) is 16.3. The van der Waals surface area contributed by atoms with E-state index in [0.717, 1.165) is 42.8 Å². The molecular weight excluding hydrogens is 326 g/mol. The molecule has 1 N–H and O–H groups in total. The van der Waals surface area contributed by atoms with Crippen molar-refractivity contribution in [3.63, 3.8) is 0 Å². The number of aromatic nitrogens is 2. The molecular formula is C21H29N3O2. The molecule has 0 spiro atoms. The molecule has 1 fully saturated rings. The minimum Gasteiger partial charge on any atom is -0.497 e. The maximum absolute atomic E-state index is 12.7. The Bertz CT molecular complexity index is 771. The molecule has 26 heavy (non-hydrogen) atoms. The van der Waals surface area contributed by atoms with E-state index in [9.17, 15) is 4.79 Å². The second-order valence-electron chi connectivity index (χ2n) is 7.33. The molecule has 5 nitrogen and oxygen atoms in total. The smallest absolute Gasteiger partial charge is 0.222 e. The van der Waals surface area contributed by atoms with E-state index < -0.39 is 0 Å². The zero-order valence-corrected chi connectivity index (χ0v) is 16.3. The molecule has 1 aliphatic carbocycles. The van der Waals surface area contributed by atoms with Crippen LogP contribution < -0.4 is 10.1 Å². The van der Waals surface area contributed by atoms with Gasteiger partial charge in [0, 0.05) is 18.7 Å². The van der Waals surface area contributed by atoms with Gasteiger partial charge in [0.25, 0.3) is 0 Å². The highest BCUT2D eigenvalue weighted by molar-refractivity contribution is 5.77. The highest BCUT2D eigenvalue weighted by atomic mass is 16.5. The maximum atomic E-state index is 12.7. The number of hydrogen-bond acceptors (Lipinski definition) is 3. The lowest BCUT2D eigenvalue weighted by atomic mass is 9.88. The first-order valence-electron chi connectivity index (χ1n) is 9.41. The third-order valence-corrected chi connectivity index (χ3v) is 5.77. The monoisotopic (exact) mass is 355 g/mol. The molecule has 0 atom stereocenters. The van der Waals surface area contributed by atoms with Crippen LogP contribution in [0.4, 0.5) is 0 Å². The summed E-state index contributed by atoms with van der Waals surface area (Å²) in [6, 6.07) is 8.10. The summed E-state index contributed by atoms with van der Waals surface area (Å²) >= 11 is 0. The third kappa shape index (κ3) is 3.62. The molecule has 1 aromatic carbocycles. The van der Waals surface area contributed by atoms with Crippen LogP contribution in [0.1, 0.15) is 54.6 Å². The Labute approximate surface area is 155 Å². The van der Waals surface area contributed by atoms with E-state index in [2.05, 4.69) is 36.4 Å². The Hall–Kier alpha value is -2.30. The Balaban J connectivity index is 1.69. The minimum absolute atomic E-state index is 0.0907. The first-order valence-corrected chi connectivity index (χ1v) is 9.41. The van der Waals surface area contributed by atoms with Crippen LogP contribution in [0.3, 0.4) is 0 Å². The zero-order chi connectivity index (χ0) is 18.7. The number of carbonyl (C=O) groups is 1. The normalized spacial score (nSPS) is 15.8. The van der Waals surface area contributed by atoms with Gasteiger partial charge >= 0.3 is 0 Å². The SMILES string of the molecule is COc1ccc(C2(NC(=O)CCn3nc(C)c(C)c3C)CCCC2)cc1. The number of hydrogen-bond donors (Lipinski definition) is 1. The highest BCUT2D eigenvalue weighted by Gasteiger charge is 2.36. The number of nitrogens with zero attached hydrogens (tertiary/aromatic N) is 2. The highest BCUT2D eigenvalue weighted by Crippen LogP contribution is 2.39. The van der Waals surface area contributed by atoms with Crippen LogP contribution in [-0.2, 0) is 16.9 Å². The first kappa shape index (κ1) is 18.5. The predicted octanol–water partition coefficient (Wildman–Crippen LogP) is 3.79. The Morgan fingerprint density at radius 3 is 2.38 bits per heavy atom. The number of rotatable bonds is 6. The van der Waals surface area contributed by atoms with E-state index in [1.807, 2.05) is 23.7 Å². The van der Waals surface area contributed by atoms with Gasteiger partial charge in [-0.1, -0.05) is 25.0 Å². The van der Waals surface area contributed by atoms with Crippen molar-refractivity contribution in [1.82, 2.24) is 15.1 Å². The summed E-state index contributed by atoms with van der Waals surface area (Å²) in [5.74, 6) is 0.932. The molecule has 1 amide bonds. The van der Waals surface area contributed by atoms with Crippen molar-refractivity contribution in [1.29, 1.82) is 0 Å². The summed E-state index contributed by atoms with van der Waals surface area (Å²) in [5.41, 5.74) is 4.31. The van der Waals surface area contributed by atoms with Gasteiger partial charge in [0.05, 0.1) is 18.3 Å².